The van der Waals surface area contributed by atoms with Crippen molar-refractivity contribution in [2.45, 2.75) is 11.8 Å². The first-order valence-corrected chi connectivity index (χ1v) is 11.7. The topological polar surface area (TPSA) is 206 Å². The summed E-state index contributed by atoms with van der Waals surface area (Å²) in [6, 6.07) is 10.2. The van der Waals surface area contributed by atoms with Crippen molar-refractivity contribution < 1.29 is 27.9 Å². The SMILES string of the molecule is Cl.NC(N)=Nc1ccc(C(=O)NC(=O)CNC(=O)[C@@H](CO)NS(=O)(=O)Cc2ccc(Cl)cc2)cc1. The number of aliphatic imine (C=N–C) groups is 1. The Balaban J connectivity index is 0.00000612. The van der Waals surface area contributed by atoms with Gasteiger partial charge in [0.2, 0.25) is 21.8 Å². The summed E-state index contributed by atoms with van der Waals surface area (Å²) in [4.78, 5) is 40.2. The van der Waals surface area contributed by atoms with Gasteiger partial charge in [0, 0.05) is 10.6 Å². The Hall–Kier alpha value is -3.23. The number of benzene rings is 2. The van der Waals surface area contributed by atoms with Crippen molar-refractivity contribution in [1.29, 1.82) is 0 Å². The number of nitrogens with one attached hydrogen (secondary N) is 3. The molecule has 1 atom stereocenters. The molecule has 0 spiro atoms. The molecule has 0 fully saturated rings. The highest BCUT2D eigenvalue weighted by atomic mass is 35.5. The van der Waals surface area contributed by atoms with E-state index in [9.17, 15) is 27.9 Å². The van der Waals surface area contributed by atoms with E-state index in [1.165, 1.54) is 48.5 Å². The third kappa shape index (κ3) is 10.3. The number of hydrogen-bond donors (Lipinski definition) is 6. The molecular weight excluding hydrogens is 523 g/mol. The zero-order valence-corrected chi connectivity index (χ0v) is 20.5. The van der Waals surface area contributed by atoms with Crippen LogP contribution in [0.4, 0.5) is 5.69 Å². The van der Waals surface area contributed by atoms with Crippen LogP contribution in [0.2, 0.25) is 5.02 Å². The molecule has 3 amide bonds. The van der Waals surface area contributed by atoms with Crippen molar-refractivity contribution in [3.8, 4) is 0 Å². The first-order valence-electron chi connectivity index (χ1n) is 9.66. The fourth-order valence-electron chi connectivity index (χ4n) is 2.60. The van der Waals surface area contributed by atoms with E-state index < -0.39 is 52.7 Å². The molecule has 2 aromatic rings. The number of carbonyl (C=O) groups is 3. The zero-order chi connectivity index (χ0) is 25.3. The summed E-state index contributed by atoms with van der Waals surface area (Å²) < 4.78 is 26.7. The van der Waals surface area contributed by atoms with Crippen molar-refractivity contribution in [3.05, 3.63) is 64.7 Å². The number of aliphatic hydroxyl groups excluding tert-OH is 1. The number of nitrogens with two attached hydrogens (primary N) is 2. The lowest BCUT2D eigenvalue weighted by molar-refractivity contribution is -0.127. The standard InChI is InChI=1S/C20H23ClN6O6S.ClH/c21-14-5-1-12(2-6-14)11-34(32,33)27-16(10-28)19(31)24-9-17(29)26-18(30)13-3-7-15(8-4-13)25-20(22)23;/h1-8,16,27-28H,9-11H2,(H,24,31)(H4,22,23,25)(H,26,29,30);1H/t16-;/m1./s1. The molecule has 0 aromatic heterocycles. The van der Waals surface area contributed by atoms with Crippen molar-refractivity contribution in [2.24, 2.45) is 16.5 Å². The number of sulfonamides is 1. The van der Waals surface area contributed by atoms with Gasteiger partial charge in [-0.2, -0.15) is 0 Å². The predicted molar refractivity (Wildman–Crippen MR) is 133 cm³/mol. The lowest BCUT2D eigenvalue weighted by atomic mass is 10.2. The van der Waals surface area contributed by atoms with Crippen LogP contribution in [0, 0.1) is 0 Å². The molecule has 35 heavy (non-hydrogen) atoms. The van der Waals surface area contributed by atoms with E-state index in [4.69, 9.17) is 23.1 Å². The minimum atomic E-state index is -4.00. The lowest BCUT2D eigenvalue weighted by Gasteiger charge is -2.16. The molecule has 15 heteroatoms. The number of halogens is 2. The second kappa shape index (κ2) is 13.6. The van der Waals surface area contributed by atoms with Crippen LogP contribution in [0.1, 0.15) is 15.9 Å². The maximum Gasteiger partial charge on any atom is 0.257 e. The Kier molecular flexibility index (Phi) is 11.6. The summed E-state index contributed by atoms with van der Waals surface area (Å²) in [6.45, 7) is -1.49. The second-order valence-corrected chi connectivity index (χ2v) is 9.11. The van der Waals surface area contributed by atoms with E-state index in [0.717, 1.165) is 0 Å². The second-order valence-electron chi connectivity index (χ2n) is 6.92. The number of hydrogen-bond acceptors (Lipinski definition) is 7. The summed E-state index contributed by atoms with van der Waals surface area (Å²) in [7, 11) is -4.00. The van der Waals surface area contributed by atoms with E-state index in [1.54, 1.807) is 0 Å². The minimum absolute atomic E-state index is 0. The van der Waals surface area contributed by atoms with Gasteiger partial charge in [-0.05, 0) is 42.0 Å². The van der Waals surface area contributed by atoms with Gasteiger partial charge >= 0.3 is 0 Å². The van der Waals surface area contributed by atoms with Gasteiger partial charge in [-0.25, -0.2) is 18.1 Å². The predicted octanol–water partition coefficient (Wildman–Crippen LogP) is -0.480. The van der Waals surface area contributed by atoms with Crippen molar-refractivity contribution in [2.75, 3.05) is 13.2 Å². The van der Waals surface area contributed by atoms with Crippen LogP contribution in [0.15, 0.2) is 53.5 Å². The summed E-state index contributed by atoms with van der Waals surface area (Å²) in [5.41, 5.74) is 11.5. The molecule has 190 valence electrons. The highest BCUT2D eigenvalue weighted by Gasteiger charge is 2.24. The Labute approximate surface area is 212 Å². The van der Waals surface area contributed by atoms with Crippen LogP contribution in [0.5, 0.6) is 0 Å². The number of carbonyl (C=O) groups excluding carboxylic acids is 3. The monoisotopic (exact) mass is 546 g/mol. The van der Waals surface area contributed by atoms with E-state index in [0.29, 0.717) is 16.3 Å². The van der Waals surface area contributed by atoms with Crippen LogP contribution < -0.4 is 26.8 Å². The van der Waals surface area contributed by atoms with Crippen molar-refractivity contribution in [1.82, 2.24) is 15.4 Å². The van der Waals surface area contributed by atoms with E-state index >= 15 is 0 Å². The smallest absolute Gasteiger partial charge is 0.257 e. The molecule has 0 aliphatic rings. The number of amides is 3. The molecule has 0 aliphatic carbocycles. The van der Waals surface area contributed by atoms with Crippen LogP contribution in [0.25, 0.3) is 0 Å². The number of imide groups is 1. The van der Waals surface area contributed by atoms with Gasteiger partial charge in [-0.1, -0.05) is 23.7 Å². The number of nitrogens with zero attached hydrogens (tertiary/aromatic N) is 1. The summed E-state index contributed by atoms with van der Waals surface area (Å²) >= 11 is 5.76. The van der Waals surface area contributed by atoms with Crippen LogP contribution in [-0.4, -0.2) is 56.4 Å². The minimum Gasteiger partial charge on any atom is -0.394 e. The van der Waals surface area contributed by atoms with Gasteiger partial charge in [0.1, 0.15) is 6.04 Å². The maximum absolute atomic E-state index is 12.3. The van der Waals surface area contributed by atoms with E-state index in [1.807, 2.05) is 0 Å². The lowest BCUT2D eigenvalue weighted by Crippen LogP contribution is -2.51. The summed E-state index contributed by atoms with van der Waals surface area (Å²) in [5, 5.41) is 14.1. The average Bonchev–Trinajstić information content (AvgIpc) is 2.77. The molecule has 0 saturated carbocycles. The Bertz CT molecular complexity index is 1170. The average molecular weight is 547 g/mol. The maximum atomic E-state index is 12.3. The summed E-state index contributed by atoms with van der Waals surface area (Å²) in [5.74, 6) is -3.15. The third-order valence-corrected chi connectivity index (χ3v) is 5.76. The van der Waals surface area contributed by atoms with Crippen LogP contribution in [0.3, 0.4) is 0 Å². The largest absolute Gasteiger partial charge is 0.394 e. The fourth-order valence-corrected chi connectivity index (χ4v) is 4.06. The Morgan fingerprint density at radius 1 is 1.03 bits per heavy atom. The van der Waals surface area contributed by atoms with Gasteiger partial charge in [0.15, 0.2) is 5.96 Å². The van der Waals surface area contributed by atoms with Crippen molar-refractivity contribution >= 4 is 63.4 Å². The molecule has 0 heterocycles. The first kappa shape index (κ1) is 29.8. The quantitative estimate of drug-likeness (QED) is 0.169. The molecule has 0 bridgehead atoms. The van der Waals surface area contributed by atoms with E-state index in [2.05, 4.69) is 20.3 Å². The van der Waals surface area contributed by atoms with Crippen LogP contribution >= 0.6 is 24.0 Å². The molecule has 0 unspecified atom stereocenters. The molecule has 2 rings (SSSR count). The zero-order valence-electron chi connectivity index (χ0n) is 18.1. The summed E-state index contributed by atoms with van der Waals surface area (Å²) in [6.07, 6.45) is 0. The highest BCUT2D eigenvalue weighted by Crippen LogP contribution is 2.13. The number of aliphatic hydroxyl groups is 1. The molecule has 8 N–H and O–H groups in total. The molecule has 2 aromatic carbocycles. The number of rotatable bonds is 10. The molecule has 0 saturated heterocycles. The molecule has 0 radical (unpaired) electrons. The highest BCUT2D eigenvalue weighted by molar-refractivity contribution is 7.88. The van der Waals surface area contributed by atoms with Crippen LogP contribution in [-0.2, 0) is 25.4 Å². The first-order chi connectivity index (χ1) is 16.0. The normalized spacial score (nSPS) is 11.5. The number of guanidine groups is 1. The van der Waals surface area contributed by atoms with Gasteiger partial charge < -0.3 is 21.9 Å². The van der Waals surface area contributed by atoms with Gasteiger partial charge in [-0.3, -0.25) is 19.7 Å². The third-order valence-electron chi connectivity index (χ3n) is 4.15. The molecule has 12 nitrogen and oxygen atoms in total. The molecular formula is C20H24Cl2N6O6S. The van der Waals surface area contributed by atoms with Crippen molar-refractivity contribution in [3.63, 3.8) is 0 Å². The fraction of sp³-hybridized carbons (Fsp3) is 0.200. The van der Waals surface area contributed by atoms with Gasteiger partial charge in [-0.15, -0.1) is 12.4 Å². The Morgan fingerprint density at radius 3 is 2.17 bits per heavy atom. The Morgan fingerprint density at radius 2 is 1.63 bits per heavy atom. The molecule has 0 aliphatic heterocycles. The van der Waals surface area contributed by atoms with E-state index in [-0.39, 0.29) is 23.9 Å². The van der Waals surface area contributed by atoms with Gasteiger partial charge in [0.25, 0.3) is 5.91 Å². The van der Waals surface area contributed by atoms with Gasteiger partial charge in [0.05, 0.1) is 24.6 Å².